The van der Waals surface area contributed by atoms with Gasteiger partial charge in [-0.2, -0.15) is 5.10 Å². The van der Waals surface area contributed by atoms with Crippen molar-refractivity contribution in [1.29, 1.82) is 0 Å². The van der Waals surface area contributed by atoms with Gasteiger partial charge in [-0.25, -0.2) is 14.7 Å². The van der Waals surface area contributed by atoms with Crippen molar-refractivity contribution in [1.82, 2.24) is 24.6 Å². The lowest BCUT2D eigenvalue weighted by atomic mass is 9.84. The Labute approximate surface area is 248 Å². The quantitative estimate of drug-likeness (QED) is 0.201. The van der Waals surface area contributed by atoms with Gasteiger partial charge in [0, 0.05) is 48.9 Å². The number of aryl methyl sites for hydroxylation is 2. The van der Waals surface area contributed by atoms with Gasteiger partial charge in [-0.1, -0.05) is 29.4 Å². The number of halogens is 1. The molecule has 3 aliphatic rings. The largest absolute Gasteiger partial charge is 0.360 e. The van der Waals surface area contributed by atoms with Crippen LogP contribution in [0, 0.1) is 12.8 Å². The highest BCUT2D eigenvalue weighted by Gasteiger charge is 2.31. The predicted molar refractivity (Wildman–Crippen MR) is 165 cm³/mol. The summed E-state index contributed by atoms with van der Waals surface area (Å²) in [5.41, 5.74) is 7.57. The number of anilines is 1. The van der Waals surface area contributed by atoms with E-state index in [1.54, 1.807) is 0 Å². The number of aliphatic imine (C=N–C) groups is 1. The zero-order valence-electron chi connectivity index (χ0n) is 23.3. The molecule has 0 atom stereocenters. The van der Waals surface area contributed by atoms with Gasteiger partial charge in [0.2, 0.25) is 5.91 Å². The first-order chi connectivity index (χ1) is 19.9. The average Bonchev–Trinajstić information content (AvgIpc) is 3.66. The number of benzene rings is 1. The van der Waals surface area contributed by atoms with E-state index in [-0.39, 0.29) is 5.91 Å². The lowest BCUT2D eigenvalue weighted by molar-refractivity contribution is -0.114. The van der Waals surface area contributed by atoms with Crippen molar-refractivity contribution in [3.8, 4) is 27.5 Å². The first-order valence-corrected chi connectivity index (χ1v) is 15.6. The standard InChI is InChI=1S/C31H32ClN7OS/c1-18-8-9-21(17-33-18)27-23-11-12-25-29(41-31(36-25)34-19(2)40)28(23)39(37-27)26-13-10-22(16-24(26)32)35-30(20-6-5-7-20)38-14-3-4-15-38/h8-10,13,16-17,20H,3-7,11-12,14-15H2,1-2H3,(H,34,36,40)/b35-30+. The van der Waals surface area contributed by atoms with E-state index in [1.165, 1.54) is 56.2 Å². The van der Waals surface area contributed by atoms with E-state index in [9.17, 15) is 4.79 Å². The number of hydrogen-bond acceptors (Lipinski definition) is 6. The number of amides is 1. The molecule has 0 unspecified atom stereocenters. The van der Waals surface area contributed by atoms with Crippen molar-refractivity contribution in [3.63, 3.8) is 0 Å². The molecule has 1 saturated carbocycles. The molecule has 1 N–H and O–H groups in total. The van der Waals surface area contributed by atoms with Crippen molar-refractivity contribution >= 4 is 45.5 Å². The Morgan fingerprint density at radius 3 is 2.63 bits per heavy atom. The van der Waals surface area contributed by atoms with E-state index in [1.807, 2.05) is 36.0 Å². The number of carbonyl (C=O) groups is 1. The zero-order valence-corrected chi connectivity index (χ0v) is 24.9. The molecule has 7 rings (SSSR count). The van der Waals surface area contributed by atoms with Crippen LogP contribution < -0.4 is 5.32 Å². The van der Waals surface area contributed by atoms with Crippen molar-refractivity contribution < 1.29 is 4.79 Å². The van der Waals surface area contributed by atoms with Crippen LogP contribution in [0.4, 0.5) is 10.8 Å². The summed E-state index contributed by atoms with van der Waals surface area (Å²) < 4.78 is 1.95. The van der Waals surface area contributed by atoms with Crippen molar-refractivity contribution in [2.45, 2.75) is 58.8 Å². The van der Waals surface area contributed by atoms with E-state index < -0.39 is 0 Å². The minimum Gasteiger partial charge on any atom is -0.360 e. The number of nitrogens with one attached hydrogen (secondary N) is 1. The van der Waals surface area contributed by atoms with Crippen LogP contribution in [0.25, 0.3) is 27.5 Å². The Bertz CT molecular complexity index is 1660. The molecular weight excluding hydrogens is 554 g/mol. The van der Waals surface area contributed by atoms with Gasteiger partial charge in [-0.05, 0) is 75.8 Å². The summed E-state index contributed by atoms with van der Waals surface area (Å²) in [4.78, 5) is 29.7. The molecule has 41 heavy (non-hydrogen) atoms. The highest BCUT2D eigenvalue weighted by Crippen LogP contribution is 2.45. The summed E-state index contributed by atoms with van der Waals surface area (Å²) in [6, 6.07) is 10.1. The monoisotopic (exact) mass is 585 g/mol. The van der Waals surface area contributed by atoms with Crippen molar-refractivity contribution in [2.24, 2.45) is 10.9 Å². The first kappa shape index (κ1) is 26.3. The van der Waals surface area contributed by atoms with Crippen LogP contribution in [0.1, 0.15) is 56.0 Å². The van der Waals surface area contributed by atoms with Crippen LogP contribution in [-0.4, -0.2) is 49.5 Å². The SMILES string of the molecule is CC(=O)Nc1nc2c(s1)-c1c(c(-c3ccc(C)nc3)nn1-c1ccc(/N=C(\C3CCC3)N3CCCC3)cc1Cl)CC2. The number of thiazole rings is 1. The number of fused-ring (bicyclic) bond motifs is 3. The minimum atomic E-state index is -0.134. The Morgan fingerprint density at radius 2 is 1.95 bits per heavy atom. The number of carbonyl (C=O) groups excluding carboxylic acids is 1. The van der Waals surface area contributed by atoms with Crippen LogP contribution in [-0.2, 0) is 17.6 Å². The Morgan fingerprint density at radius 1 is 1.12 bits per heavy atom. The molecular formula is C31H32ClN7OS. The maximum absolute atomic E-state index is 11.8. The van der Waals surface area contributed by atoms with Gasteiger partial charge in [-0.15, -0.1) is 0 Å². The van der Waals surface area contributed by atoms with Crippen molar-refractivity contribution in [2.75, 3.05) is 18.4 Å². The number of likely N-dealkylation sites (tertiary alicyclic amines) is 1. The molecule has 0 radical (unpaired) electrons. The molecule has 0 spiro atoms. The fourth-order valence-electron chi connectivity index (χ4n) is 5.99. The lowest BCUT2D eigenvalue weighted by Crippen LogP contribution is -2.37. The van der Waals surface area contributed by atoms with Gasteiger partial charge in [0.1, 0.15) is 5.84 Å². The lowest BCUT2D eigenvalue weighted by Gasteiger charge is -2.33. The molecule has 1 saturated heterocycles. The molecule has 1 amide bonds. The van der Waals surface area contributed by atoms with Crippen LogP contribution in [0.5, 0.6) is 0 Å². The van der Waals surface area contributed by atoms with Gasteiger partial charge in [0.05, 0.1) is 38.4 Å². The van der Waals surface area contributed by atoms with E-state index in [0.29, 0.717) is 16.1 Å². The second-order valence-electron chi connectivity index (χ2n) is 11.2. The predicted octanol–water partition coefficient (Wildman–Crippen LogP) is 7.00. The third-order valence-electron chi connectivity index (χ3n) is 8.28. The molecule has 1 aliphatic heterocycles. The van der Waals surface area contributed by atoms with E-state index in [0.717, 1.165) is 76.1 Å². The molecule has 2 aliphatic carbocycles. The Hall–Kier alpha value is -3.56. The van der Waals surface area contributed by atoms with Gasteiger partial charge in [0.25, 0.3) is 0 Å². The molecule has 2 fully saturated rings. The molecule has 0 bridgehead atoms. The second-order valence-corrected chi connectivity index (χ2v) is 12.6. The first-order valence-electron chi connectivity index (χ1n) is 14.4. The summed E-state index contributed by atoms with van der Waals surface area (Å²) in [5, 5.41) is 9.19. The van der Waals surface area contributed by atoms with E-state index in [2.05, 4.69) is 27.3 Å². The number of rotatable bonds is 5. The number of hydrogen-bond donors (Lipinski definition) is 1. The van der Waals surface area contributed by atoms with Gasteiger partial charge in [0.15, 0.2) is 5.13 Å². The normalized spacial score (nSPS) is 16.9. The molecule has 4 aromatic rings. The zero-order chi connectivity index (χ0) is 28.1. The maximum Gasteiger partial charge on any atom is 0.223 e. The van der Waals surface area contributed by atoms with Crippen LogP contribution in [0.2, 0.25) is 5.02 Å². The third-order valence-corrected chi connectivity index (χ3v) is 9.60. The van der Waals surface area contributed by atoms with Crippen LogP contribution >= 0.6 is 22.9 Å². The molecule has 4 heterocycles. The Kier molecular flexibility index (Phi) is 6.87. The number of nitrogens with zero attached hydrogens (tertiary/aromatic N) is 6. The van der Waals surface area contributed by atoms with E-state index >= 15 is 0 Å². The molecule has 1 aromatic carbocycles. The Balaban J connectivity index is 1.33. The van der Waals surface area contributed by atoms with Gasteiger partial charge < -0.3 is 10.2 Å². The topological polar surface area (TPSA) is 88.3 Å². The molecule has 8 nitrogen and oxygen atoms in total. The van der Waals surface area contributed by atoms with Crippen LogP contribution in [0.3, 0.4) is 0 Å². The molecule has 3 aromatic heterocycles. The maximum atomic E-state index is 11.8. The fourth-order valence-corrected chi connectivity index (χ4v) is 7.36. The highest BCUT2D eigenvalue weighted by atomic mass is 35.5. The number of amidine groups is 1. The van der Waals surface area contributed by atoms with Gasteiger partial charge in [-0.3, -0.25) is 9.78 Å². The van der Waals surface area contributed by atoms with Crippen LogP contribution in [0.15, 0.2) is 41.5 Å². The fraction of sp³-hybridized carbons (Fsp3) is 0.387. The van der Waals surface area contributed by atoms with Crippen molar-refractivity contribution in [3.05, 3.63) is 58.5 Å². The van der Waals surface area contributed by atoms with E-state index in [4.69, 9.17) is 26.7 Å². The summed E-state index contributed by atoms with van der Waals surface area (Å²) >= 11 is 8.51. The molecule has 10 heteroatoms. The summed E-state index contributed by atoms with van der Waals surface area (Å²) in [5.74, 6) is 1.64. The summed E-state index contributed by atoms with van der Waals surface area (Å²) in [6.45, 7) is 5.67. The molecule has 210 valence electrons. The summed E-state index contributed by atoms with van der Waals surface area (Å²) in [7, 11) is 0. The number of pyridine rings is 1. The highest BCUT2D eigenvalue weighted by molar-refractivity contribution is 7.19. The summed E-state index contributed by atoms with van der Waals surface area (Å²) in [6.07, 6.45) is 9.63. The third kappa shape index (κ3) is 4.95. The smallest absolute Gasteiger partial charge is 0.223 e. The van der Waals surface area contributed by atoms with Gasteiger partial charge >= 0.3 is 0 Å². The second kappa shape index (κ2) is 10.7. The average molecular weight is 586 g/mol. The minimum absolute atomic E-state index is 0.134. The number of aromatic nitrogens is 4.